The van der Waals surface area contributed by atoms with Gasteiger partial charge in [0.25, 0.3) is 0 Å². The molecular formula is C11H17ClN2S. The zero-order valence-corrected chi connectivity index (χ0v) is 10.6. The summed E-state index contributed by atoms with van der Waals surface area (Å²) in [5.41, 5.74) is 0. The summed E-state index contributed by atoms with van der Waals surface area (Å²) >= 11 is 7.53. The third-order valence-electron chi connectivity index (χ3n) is 2.98. The monoisotopic (exact) mass is 244 g/mol. The van der Waals surface area contributed by atoms with Gasteiger partial charge in [0.1, 0.15) is 0 Å². The van der Waals surface area contributed by atoms with Crippen LogP contribution in [0.3, 0.4) is 0 Å². The first-order valence-corrected chi connectivity index (χ1v) is 6.60. The average Bonchev–Trinajstić information content (AvgIpc) is 2.77. The molecule has 0 radical (unpaired) electrons. The van der Waals surface area contributed by atoms with Gasteiger partial charge in [0.2, 0.25) is 0 Å². The maximum atomic E-state index is 5.87. The van der Waals surface area contributed by atoms with Crippen LogP contribution in [0.4, 0.5) is 0 Å². The number of likely N-dealkylation sites (tertiary alicyclic amines) is 1. The van der Waals surface area contributed by atoms with Crippen molar-refractivity contribution < 1.29 is 0 Å². The summed E-state index contributed by atoms with van der Waals surface area (Å²) in [7, 11) is 2.21. The summed E-state index contributed by atoms with van der Waals surface area (Å²) in [5.74, 6) is 0. The van der Waals surface area contributed by atoms with E-state index in [1.807, 2.05) is 6.07 Å². The predicted molar refractivity (Wildman–Crippen MR) is 66.7 cm³/mol. The van der Waals surface area contributed by atoms with E-state index in [0.29, 0.717) is 0 Å². The molecule has 1 N–H and O–H groups in total. The highest BCUT2D eigenvalue weighted by atomic mass is 35.5. The lowest BCUT2D eigenvalue weighted by Crippen LogP contribution is -2.34. The Bertz CT molecular complexity index is 313. The third kappa shape index (κ3) is 3.18. The number of likely N-dealkylation sites (N-methyl/N-ethyl adjacent to an activating group) is 1. The Balaban J connectivity index is 1.70. The minimum atomic E-state index is 0.723. The van der Waals surface area contributed by atoms with Gasteiger partial charge in [0.15, 0.2) is 0 Å². The van der Waals surface area contributed by atoms with Crippen LogP contribution in [-0.4, -0.2) is 31.1 Å². The molecule has 0 aliphatic carbocycles. The molecule has 0 saturated carbocycles. The van der Waals surface area contributed by atoms with Gasteiger partial charge in [-0.1, -0.05) is 11.6 Å². The van der Waals surface area contributed by atoms with Crippen LogP contribution < -0.4 is 5.32 Å². The van der Waals surface area contributed by atoms with Crippen molar-refractivity contribution in [1.82, 2.24) is 10.2 Å². The standard InChI is InChI=1S/C11H17ClN2S/c1-14-6-2-3-9(14)7-13-8-10-4-5-11(12)15-10/h4-5,9,13H,2-3,6-8H2,1H3. The third-order valence-corrected chi connectivity index (χ3v) is 4.21. The quantitative estimate of drug-likeness (QED) is 0.876. The van der Waals surface area contributed by atoms with E-state index < -0.39 is 0 Å². The molecule has 1 aromatic heterocycles. The van der Waals surface area contributed by atoms with Crippen molar-refractivity contribution in [3.05, 3.63) is 21.3 Å². The summed E-state index contributed by atoms with van der Waals surface area (Å²) in [5, 5.41) is 3.50. The van der Waals surface area contributed by atoms with Crippen molar-refractivity contribution >= 4 is 22.9 Å². The summed E-state index contributed by atoms with van der Waals surface area (Å²) in [4.78, 5) is 3.76. The molecule has 0 aromatic carbocycles. The van der Waals surface area contributed by atoms with Crippen molar-refractivity contribution in [2.75, 3.05) is 20.1 Å². The number of halogens is 1. The van der Waals surface area contributed by atoms with E-state index in [4.69, 9.17) is 11.6 Å². The van der Waals surface area contributed by atoms with Crippen molar-refractivity contribution in [3.63, 3.8) is 0 Å². The molecule has 1 saturated heterocycles. The SMILES string of the molecule is CN1CCCC1CNCc1ccc(Cl)s1. The Hall–Kier alpha value is -0.0900. The van der Waals surface area contributed by atoms with Crippen LogP contribution >= 0.6 is 22.9 Å². The van der Waals surface area contributed by atoms with Crippen LogP contribution in [0, 0.1) is 0 Å². The molecule has 0 spiro atoms. The van der Waals surface area contributed by atoms with Gasteiger partial charge in [-0.25, -0.2) is 0 Å². The molecule has 1 aliphatic rings. The Morgan fingerprint density at radius 2 is 2.47 bits per heavy atom. The van der Waals surface area contributed by atoms with Crippen LogP contribution in [0.5, 0.6) is 0 Å². The maximum Gasteiger partial charge on any atom is 0.0931 e. The van der Waals surface area contributed by atoms with Gasteiger partial charge in [-0.3, -0.25) is 0 Å². The van der Waals surface area contributed by atoms with Crippen LogP contribution in [0.15, 0.2) is 12.1 Å². The fraction of sp³-hybridized carbons (Fsp3) is 0.636. The number of hydrogen-bond donors (Lipinski definition) is 1. The first-order chi connectivity index (χ1) is 7.25. The van der Waals surface area contributed by atoms with Crippen LogP contribution in [0.25, 0.3) is 0 Å². The molecule has 1 aliphatic heterocycles. The fourth-order valence-electron chi connectivity index (χ4n) is 2.05. The fourth-order valence-corrected chi connectivity index (χ4v) is 3.10. The molecule has 84 valence electrons. The van der Waals surface area contributed by atoms with E-state index in [2.05, 4.69) is 23.3 Å². The van der Waals surface area contributed by atoms with E-state index in [0.717, 1.165) is 23.5 Å². The lowest BCUT2D eigenvalue weighted by atomic mass is 10.2. The molecule has 4 heteroatoms. The normalized spacial score (nSPS) is 22.4. The summed E-state index contributed by atoms with van der Waals surface area (Å²) in [6, 6.07) is 4.78. The Morgan fingerprint density at radius 1 is 1.60 bits per heavy atom. The molecule has 0 amide bonds. The van der Waals surface area contributed by atoms with E-state index in [1.54, 1.807) is 11.3 Å². The average molecular weight is 245 g/mol. The van der Waals surface area contributed by atoms with Crippen LogP contribution in [-0.2, 0) is 6.54 Å². The van der Waals surface area contributed by atoms with Gasteiger partial charge >= 0.3 is 0 Å². The van der Waals surface area contributed by atoms with Crippen molar-refractivity contribution in [2.45, 2.75) is 25.4 Å². The van der Waals surface area contributed by atoms with E-state index in [9.17, 15) is 0 Å². The molecule has 2 heterocycles. The van der Waals surface area contributed by atoms with E-state index >= 15 is 0 Å². The Morgan fingerprint density at radius 3 is 3.07 bits per heavy atom. The van der Waals surface area contributed by atoms with Gasteiger partial charge < -0.3 is 10.2 Å². The number of hydrogen-bond acceptors (Lipinski definition) is 3. The first kappa shape index (κ1) is 11.4. The molecule has 1 atom stereocenters. The largest absolute Gasteiger partial charge is 0.310 e. The van der Waals surface area contributed by atoms with Crippen molar-refractivity contribution in [2.24, 2.45) is 0 Å². The van der Waals surface area contributed by atoms with Crippen LogP contribution in [0.2, 0.25) is 4.34 Å². The number of nitrogens with one attached hydrogen (secondary N) is 1. The van der Waals surface area contributed by atoms with E-state index in [-0.39, 0.29) is 0 Å². The zero-order chi connectivity index (χ0) is 10.7. The van der Waals surface area contributed by atoms with Crippen LogP contribution in [0.1, 0.15) is 17.7 Å². The molecule has 1 aromatic rings. The second-order valence-electron chi connectivity index (χ2n) is 4.11. The summed E-state index contributed by atoms with van der Waals surface area (Å²) in [6.07, 6.45) is 2.67. The highest BCUT2D eigenvalue weighted by Crippen LogP contribution is 2.21. The minimum absolute atomic E-state index is 0.723. The first-order valence-electron chi connectivity index (χ1n) is 5.41. The smallest absolute Gasteiger partial charge is 0.0931 e. The minimum Gasteiger partial charge on any atom is -0.310 e. The van der Waals surface area contributed by atoms with E-state index in [1.165, 1.54) is 24.3 Å². The second kappa shape index (κ2) is 5.30. The molecule has 1 unspecified atom stereocenters. The maximum absolute atomic E-state index is 5.87. The molecule has 0 bridgehead atoms. The van der Waals surface area contributed by atoms with Gasteiger partial charge in [0.05, 0.1) is 4.34 Å². The van der Waals surface area contributed by atoms with Gasteiger partial charge in [-0.05, 0) is 38.6 Å². The molecule has 15 heavy (non-hydrogen) atoms. The van der Waals surface area contributed by atoms with Gasteiger partial charge in [0, 0.05) is 24.0 Å². The Kier molecular flexibility index (Phi) is 4.03. The molecule has 2 nitrogen and oxygen atoms in total. The highest BCUT2D eigenvalue weighted by Gasteiger charge is 2.19. The van der Waals surface area contributed by atoms with Crippen molar-refractivity contribution in [3.8, 4) is 0 Å². The molecule has 2 rings (SSSR count). The predicted octanol–water partition coefficient (Wildman–Crippen LogP) is 2.59. The lowest BCUT2D eigenvalue weighted by molar-refractivity contribution is 0.300. The number of nitrogens with zero attached hydrogens (tertiary/aromatic N) is 1. The topological polar surface area (TPSA) is 15.3 Å². The van der Waals surface area contributed by atoms with Gasteiger partial charge in [-0.2, -0.15) is 0 Å². The summed E-state index contributed by atoms with van der Waals surface area (Å²) in [6.45, 7) is 3.28. The zero-order valence-electron chi connectivity index (χ0n) is 9.00. The molecular weight excluding hydrogens is 228 g/mol. The van der Waals surface area contributed by atoms with Gasteiger partial charge in [-0.15, -0.1) is 11.3 Å². The Labute approximate surface area is 100 Å². The number of thiophene rings is 1. The highest BCUT2D eigenvalue weighted by molar-refractivity contribution is 7.16. The lowest BCUT2D eigenvalue weighted by Gasteiger charge is -2.19. The second-order valence-corrected chi connectivity index (χ2v) is 5.91. The van der Waals surface area contributed by atoms with Crippen molar-refractivity contribution in [1.29, 1.82) is 0 Å². The number of rotatable bonds is 4. The summed E-state index contributed by atoms with van der Waals surface area (Å²) < 4.78 is 0.879. The molecule has 1 fully saturated rings.